The second-order valence-corrected chi connectivity index (χ2v) is 19.1. The minimum atomic E-state index is 0.176. The molecule has 8 nitrogen and oxygen atoms in total. The van der Waals surface area contributed by atoms with E-state index in [-0.39, 0.29) is 23.2 Å². The Balaban J connectivity index is 1.23. The molecule has 47 heavy (non-hydrogen) atoms. The van der Waals surface area contributed by atoms with Crippen LogP contribution in [-0.2, 0) is 6.54 Å². The third kappa shape index (κ3) is 9.01. The Hall–Kier alpha value is -1.49. The Morgan fingerprint density at radius 3 is 2.57 bits per heavy atom. The highest BCUT2D eigenvalue weighted by atomic mass is 32.2. The van der Waals surface area contributed by atoms with E-state index >= 15 is 0 Å². The number of piperidine rings is 2. The highest BCUT2D eigenvalue weighted by Gasteiger charge is 2.47. The van der Waals surface area contributed by atoms with Crippen molar-refractivity contribution in [3.8, 4) is 11.3 Å². The quantitative estimate of drug-likeness (QED) is 0.254. The van der Waals surface area contributed by atoms with Crippen molar-refractivity contribution >= 4 is 11.9 Å². The Morgan fingerprint density at radius 1 is 0.957 bits per heavy atom. The molecule has 6 rings (SSSR count). The third-order valence-corrected chi connectivity index (χ3v) is 12.4. The van der Waals surface area contributed by atoms with Gasteiger partial charge in [-0.3, -0.25) is 35.2 Å². The van der Waals surface area contributed by atoms with Gasteiger partial charge in [0.15, 0.2) is 0 Å². The van der Waals surface area contributed by atoms with Gasteiger partial charge in [0.05, 0.1) is 35.1 Å². The Kier molecular flexibility index (Phi) is 10.8. The van der Waals surface area contributed by atoms with Crippen molar-refractivity contribution < 1.29 is 0 Å². The zero-order valence-electron chi connectivity index (χ0n) is 30.6. The molecule has 0 aromatic carbocycles. The molecule has 4 aliphatic heterocycles. The van der Waals surface area contributed by atoms with E-state index < -0.39 is 0 Å². The summed E-state index contributed by atoms with van der Waals surface area (Å²) in [6.07, 6.45) is 15.6. The van der Waals surface area contributed by atoms with Crippen molar-refractivity contribution in [1.29, 1.82) is 0 Å². The fourth-order valence-electron chi connectivity index (χ4n) is 8.53. The van der Waals surface area contributed by atoms with E-state index in [1.807, 2.05) is 18.1 Å². The standard InChI is InChI=1S/C38H64N8S/c1-36(2,3)18-21-45-20-17-29(44-45)27-16-19-39-31(22-27)30-14-12-26-23-38(7,8)46(25-26)35-28(13-15-32(42-35)37(4,5)6)24-40-47-34-11-9-10-33(41-30)43-34/h16-17,19-20,22,26,28,30,32-35,40-43H,9-15,18,21,23-25H2,1-8H3/t26-,28?,30?,32?,33?,34?,35?/m0/s1. The van der Waals surface area contributed by atoms with Gasteiger partial charge in [0.25, 0.3) is 0 Å². The average molecular weight is 665 g/mol. The zero-order valence-corrected chi connectivity index (χ0v) is 31.4. The lowest BCUT2D eigenvalue weighted by molar-refractivity contribution is 0.00552. The number of nitrogens with zero attached hydrogens (tertiary/aromatic N) is 4. The van der Waals surface area contributed by atoms with Crippen LogP contribution in [-0.4, -0.2) is 62.0 Å². The predicted octanol–water partition coefficient (Wildman–Crippen LogP) is 7.31. The first kappa shape index (κ1) is 35.3. The smallest absolute Gasteiger partial charge is 0.0924 e. The van der Waals surface area contributed by atoms with Crippen molar-refractivity contribution in [2.75, 3.05) is 13.1 Å². The van der Waals surface area contributed by atoms with Crippen LogP contribution in [0.3, 0.4) is 0 Å². The second kappa shape index (κ2) is 14.4. The lowest BCUT2D eigenvalue weighted by Crippen LogP contribution is -2.63. The number of aryl methyl sites for hydroxylation is 1. The molecule has 0 radical (unpaired) electrons. The van der Waals surface area contributed by atoms with Gasteiger partial charge in [0, 0.05) is 55.1 Å². The van der Waals surface area contributed by atoms with E-state index in [0.717, 1.165) is 49.3 Å². The first-order chi connectivity index (χ1) is 22.2. The van der Waals surface area contributed by atoms with Crippen molar-refractivity contribution in [2.24, 2.45) is 22.7 Å². The van der Waals surface area contributed by atoms with Gasteiger partial charge in [0.1, 0.15) is 0 Å². The van der Waals surface area contributed by atoms with Crippen LogP contribution in [0.1, 0.15) is 125 Å². The fourth-order valence-corrected chi connectivity index (χ4v) is 9.56. The molecule has 0 saturated carbocycles. The van der Waals surface area contributed by atoms with Crippen LogP contribution < -0.4 is 20.7 Å². The zero-order chi connectivity index (χ0) is 33.4. The summed E-state index contributed by atoms with van der Waals surface area (Å²) in [7, 11) is 0. The number of nitrogens with one attached hydrogen (secondary N) is 4. The molecule has 0 amide bonds. The van der Waals surface area contributed by atoms with E-state index in [2.05, 4.69) is 110 Å². The van der Waals surface area contributed by atoms with Gasteiger partial charge in [-0.25, -0.2) is 0 Å². The Bertz CT molecular complexity index is 1310. The molecule has 0 aliphatic carbocycles. The van der Waals surface area contributed by atoms with Gasteiger partial charge in [-0.15, -0.1) is 0 Å². The summed E-state index contributed by atoms with van der Waals surface area (Å²) in [6.45, 7) is 22.2. The number of aromatic nitrogens is 3. The molecule has 6 heterocycles. The molecule has 4 fully saturated rings. The van der Waals surface area contributed by atoms with Crippen LogP contribution in [0.25, 0.3) is 11.3 Å². The maximum Gasteiger partial charge on any atom is 0.0924 e. The summed E-state index contributed by atoms with van der Waals surface area (Å²) in [5.74, 6) is 1.28. The van der Waals surface area contributed by atoms with Crippen molar-refractivity contribution in [1.82, 2.24) is 40.3 Å². The molecule has 4 aliphatic rings. The summed E-state index contributed by atoms with van der Waals surface area (Å²) in [6, 6.07) is 7.33. The Labute approximate surface area is 289 Å². The van der Waals surface area contributed by atoms with Gasteiger partial charge < -0.3 is 0 Å². The van der Waals surface area contributed by atoms with E-state index in [9.17, 15) is 0 Å². The number of hydrogen-bond donors (Lipinski definition) is 4. The van der Waals surface area contributed by atoms with Crippen LogP contribution >= 0.6 is 11.9 Å². The van der Waals surface area contributed by atoms with Crippen molar-refractivity contribution in [3.05, 3.63) is 36.3 Å². The van der Waals surface area contributed by atoms with E-state index in [4.69, 9.17) is 10.1 Å². The van der Waals surface area contributed by atoms with Crippen LogP contribution in [0.2, 0.25) is 0 Å². The van der Waals surface area contributed by atoms with Gasteiger partial charge >= 0.3 is 0 Å². The first-order valence-corrected chi connectivity index (χ1v) is 19.5. The second-order valence-electron chi connectivity index (χ2n) is 18.0. The molecule has 2 aromatic heterocycles. The minimum absolute atomic E-state index is 0.176. The van der Waals surface area contributed by atoms with Crippen molar-refractivity contribution in [2.45, 2.75) is 155 Å². The predicted molar refractivity (Wildman–Crippen MR) is 197 cm³/mol. The first-order valence-electron chi connectivity index (χ1n) is 18.7. The van der Waals surface area contributed by atoms with Crippen molar-refractivity contribution in [3.63, 3.8) is 0 Å². The van der Waals surface area contributed by atoms with Gasteiger partial charge in [-0.05, 0) is 107 Å². The SMILES string of the molecule is CC(C)(C)CCn1ccc(-c2ccnc(C3CC[C@@H]4CN(C5NC(C(C)(C)C)CCC5CNSC5CCCC(N5)N3)C(C)(C)C4)c2)n1. The average Bonchev–Trinajstić information content (AvgIpc) is 3.61. The highest BCUT2D eigenvalue weighted by Crippen LogP contribution is 2.42. The normalized spacial score (nSPS) is 33.9. The molecule has 4 N–H and O–H groups in total. The molecule has 4 saturated heterocycles. The third-order valence-electron chi connectivity index (χ3n) is 11.4. The number of fused-ring (bicyclic) bond motifs is 6. The fraction of sp³-hybridized carbons (Fsp3) is 0.789. The summed E-state index contributed by atoms with van der Waals surface area (Å²) in [5.41, 5.74) is 4.07. The summed E-state index contributed by atoms with van der Waals surface area (Å²) < 4.78 is 5.98. The molecule has 7 unspecified atom stereocenters. The molecule has 262 valence electrons. The van der Waals surface area contributed by atoms with Crippen LogP contribution in [0.4, 0.5) is 0 Å². The monoisotopic (exact) mass is 664 g/mol. The number of hydrogen-bond acceptors (Lipinski definition) is 8. The van der Waals surface area contributed by atoms with E-state index in [0.29, 0.717) is 34.8 Å². The molecule has 0 spiro atoms. The lowest BCUT2D eigenvalue weighted by Gasteiger charge is -2.50. The minimum Gasteiger partial charge on any atom is -0.298 e. The van der Waals surface area contributed by atoms with Gasteiger partial charge in [0.2, 0.25) is 0 Å². The number of rotatable bonds is 4. The summed E-state index contributed by atoms with van der Waals surface area (Å²) in [4.78, 5) is 7.86. The lowest BCUT2D eigenvalue weighted by atomic mass is 9.78. The van der Waals surface area contributed by atoms with Gasteiger partial charge in [-0.1, -0.05) is 53.5 Å². The maximum atomic E-state index is 5.00. The molecule has 9 heteroatoms. The number of pyridine rings is 1. The molecule has 8 atom stereocenters. The van der Waals surface area contributed by atoms with Crippen LogP contribution in [0, 0.1) is 22.7 Å². The molecule has 4 bridgehead atoms. The maximum absolute atomic E-state index is 5.00. The molecule has 2 aromatic rings. The van der Waals surface area contributed by atoms with Gasteiger partial charge in [-0.2, -0.15) is 5.10 Å². The molecular weight excluding hydrogens is 601 g/mol. The molecular formula is C38H64N8S. The summed E-state index contributed by atoms with van der Waals surface area (Å²) in [5, 5.41) is 17.6. The highest BCUT2D eigenvalue weighted by molar-refractivity contribution is 7.98. The summed E-state index contributed by atoms with van der Waals surface area (Å²) >= 11 is 1.92. The van der Waals surface area contributed by atoms with Crippen LogP contribution in [0.15, 0.2) is 30.6 Å². The van der Waals surface area contributed by atoms with E-state index in [1.165, 1.54) is 45.1 Å². The Morgan fingerprint density at radius 2 is 1.79 bits per heavy atom. The van der Waals surface area contributed by atoms with Crippen LogP contribution in [0.5, 0.6) is 0 Å². The largest absolute Gasteiger partial charge is 0.298 e. The van der Waals surface area contributed by atoms with E-state index in [1.54, 1.807) is 0 Å². The topological polar surface area (TPSA) is 82.1 Å².